The molecule has 0 amide bonds. The summed E-state index contributed by atoms with van der Waals surface area (Å²) in [5.41, 5.74) is 5.38. The van der Waals surface area contributed by atoms with Crippen LogP contribution in [0.5, 0.6) is 5.75 Å². The van der Waals surface area contributed by atoms with Crippen molar-refractivity contribution in [1.82, 2.24) is 19.7 Å². The summed E-state index contributed by atoms with van der Waals surface area (Å²) < 4.78 is 8.09. The first-order chi connectivity index (χ1) is 17.1. The van der Waals surface area contributed by atoms with Crippen molar-refractivity contribution in [2.45, 2.75) is 26.7 Å². The average Bonchev–Trinajstić information content (AvgIpc) is 3.49. The molecule has 0 saturated carbocycles. The average molecular weight is 469 g/mol. The normalized spacial score (nSPS) is 12.0. The molecule has 0 aliphatic rings. The number of hydrogen-bond acceptors (Lipinski definition) is 3. The Bertz CT molecular complexity index is 1260. The van der Waals surface area contributed by atoms with Crippen molar-refractivity contribution in [2.75, 3.05) is 26.2 Å². The Kier molecular flexibility index (Phi) is 8.58. The number of H-pyrrole nitrogens is 1. The summed E-state index contributed by atoms with van der Waals surface area (Å²) in [5.74, 6) is 0.913. The van der Waals surface area contributed by atoms with E-state index in [1.54, 1.807) is 0 Å². The molecule has 2 aromatic carbocycles. The number of nitrogens with zero attached hydrogens (tertiary/aromatic N) is 3. The van der Waals surface area contributed by atoms with Crippen molar-refractivity contribution in [2.24, 2.45) is 7.05 Å². The first kappa shape index (κ1) is 24.6. The van der Waals surface area contributed by atoms with E-state index >= 15 is 0 Å². The third-order valence-corrected chi connectivity index (χ3v) is 6.07. The van der Waals surface area contributed by atoms with Crippen molar-refractivity contribution in [3.8, 4) is 5.75 Å². The molecule has 0 atom stereocenters. The zero-order valence-corrected chi connectivity index (χ0v) is 21.1. The molecule has 1 N–H and O–H groups in total. The van der Waals surface area contributed by atoms with E-state index in [2.05, 4.69) is 101 Å². The van der Waals surface area contributed by atoms with Crippen molar-refractivity contribution >= 4 is 35.2 Å². The van der Waals surface area contributed by atoms with Gasteiger partial charge in [0.25, 0.3) is 0 Å². The van der Waals surface area contributed by atoms with Crippen LogP contribution in [0.4, 0.5) is 0 Å². The highest BCUT2D eigenvalue weighted by Gasteiger charge is 2.03. The van der Waals surface area contributed by atoms with Crippen molar-refractivity contribution < 1.29 is 4.74 Å². The maximum Gasteiger partial charge on any atom is 0.119 e. The summed E-state index contributed by atoms with van der Waals surface area (Å²) >= 11 is 0. The quantitative estimate of drug-likeness (QED) is 0.250. The van der Waals surface area contributed by atoms with E-state index in [-0.39, 0.29) is 0 Å². The summed E-state index contributed by atoms with van der Waals surface area (Å²) in [6.45, 7) is 8.41. The third kappa shape index (κ3) is 6.96. The van der Waals surface area contributed by atoms with Gasteiger partial charge >= 0.3 is 0 Å². The van der Waals surface area contributed by atoms with Gasteiger partial charge in [0, 0.05) is 25.3 Å². The number of aromatic amines is 1. The van der Waals surface area contributed by atoms with Gasteiger partial charge in [-0.1, -0.05) is 50.3 Å². The molecule has 0 unspecified atom stereocenters. The van der Waals surface area contributed by atoms with Gasteiger partial charge in [-0.2, -0.15) is 5.10 Å². The predicted molar refractivity (Wildman–Crippen MR) is 148 cm³/mol. The second-order valence-electron chi connectivity index (χ2n) is 8.92. The smallest absolute Gasteiger partial charge is 0.119 e. The first-order valence-corrected chi connectivity index (χ1v) is 12.6. The van der Waals surface area contributed by atoms with Gasteiger partial charge in [0.15, 0.2) is 0 Å². The Balaban J connectivity index is 1.29. The lowest BCUT2D eigenvalue weighted by Crippen LogP contribution is -2.30. The monoisotopic (exact) mass is 468 g/mol. The van der Waals surface area contributed by atoms with Crippen LogP contribution in [0.25, 0.3) is 35.2 Å². The standard InChI is InChI=1S/C30H36N4O/c1-4-17-34(18-5-2)20-21-35-29-14-9-24(10-15-29)7-12-27-23-28(32-31-27)13-8-25-6-11-26-16-19-33(3)30(26)22-25/h6-16,19,22-23H,4-5,17-18,20-21H2,1-3H3,(H,31,32)/b12-7+,13-8+. The lowest BCUT2D eigenvalue weighted by atomic mass is 10.1. The summed E-state index contributed by atoms with van der Waals surface area (Å²) in [4.78, 5) is 2.46. The molecule has 2 aromatic heterocycles. The van der Waals surface area contributed by atoms with Crippen LogP contribution in [0.15, 0.2) is 60.8 Å². The number of nitrogens with one attached hydrogen (secondary N) is 1. The summed E-state index contributed by atoms with van der Waals surface area (Å²) in [6, 6.07) is 18.9. The van der Waals surface area contributed by atoms with Gasteiger partial charge in [0.05, 0.1) is 11.4 Å². The molecule has 2 heterocycles. The Morgan fingerprint density at radius 1 is 0.857 bits per heavy atom. The van der Waals surface area contributed by atoms with Crippen LogP contribution in [0.3, 0.4) is 0 Å². The summed E-state index contributed by atoms with van der Waals surface area (Å²) in [5, 5.41) is 8.76. The Morgan fingerprint density at radius 3 is 2.37 bits per heavy atom. The lowest BCUT2D eigenvalue weighted by Gasteiger charge is -2.20. The van der Waals surface area contributed by atoms with Crippen LogP contribution in [0.2, 0.25) is 0 Å². The Morgan fingerprint density at radius 2 is 1.60 bits per heavy atom. The molecule has 0 saturated heterocycles. The van der Waals surface area contributed by atoms with Crippen molar-refractivity contribution in [3.05, 3.63) is 83.3 Å². The Labute approximate surface area is 208 Å². The molecule has 0 aliphatic heterocycles. The second-order valence-corrected chi connectivity index (χ2v) is 8.92. The van der Waals surface area contributed by atoms with Crippen LogP contribution in [0, 0.1) is 0 Å². The fourth-order valence-corrected chi connectivity index (χ4v) is 4.21. The van der Waals surface area contributed by atoms with E-state index in [1.165, 1.54) is 23.7 Å². The predicted octanol–water partition coefficient (Wildman–Crippen LogP) is 6.74. The van der Waals surface area contributed by atoms with Gasteiger partial charge in [-0.05, 0) is 84.9 Å². The van der Waals surface area contributed by atoms with Gasteiger partial charge in [-0.3, -0.25) is 10.00 Å². The van der Waals surface area contributed by atoms with E-state index < -0.39 is 0 Å². The highest BCUT2D eigenvalue weighted by molar-refractivity contribution is 5.84. The number of rotatable bonds is 12. The second kappa shape index (κ2) is 12.2. The minimum atomic E-state index is 0.720. The third-order valence-electron chi connectivity index (χ3n) is 6.07. The van der Waals surface area contributed by atoms with Crippen LogP contribution in [-0.4, -0.2) is 45.9 Å². The van der Waals surface area contributed by atoms with E-state index in [4.69, 9.17) is 4.74 Å². The topological polar surface area (TPSA) is 46.1 Å². The molecule has 0 bridgehead atoms. The molecular formula is C30H36N4O. The molecule has 4 aromatic rings. The molecule has 5 heteroatoms. The highest BCUT2D eigenvalue weighted by atomic mass is 16.5. The largest absolute Gasteiger partial charge is 0.492 e. The molecular weight excluding hydrogens is 432 g/mol. The molecule has 35 heavy (non-hydrogen) atoms. The van der Waals surface area contributed by atoms with E-state index in [9.17, 15) is 0 Å². The van der Waals surface area contributed by atoms with E-state index in [0.29, 0.717) is 0 Å². The fourth-order valence-electron chi connectivity index (χ4n) is 4.21. The molecule has 0 spiro atoms. The minimum Gasteiger partial charge on any atom is -0.492 e. The van der Waals surface area contributed by atoms with Crippen LogP contribution in [-0.2, 0) is 7.05 Å². The zero-order chi connectivity index (χ0) is 24.5. The number of hydrogen-bond donors (Lipinski definition) is 1. The number of benzene rings is 2. The maximum absolute atomic E-state index is 5.95. The Hall–Kier alpha value is -3.57. The van der Waals surface area contributed by atoms with Gasteiger partial charge in [-0.25, -0.2) is 0 Å². The fraction of sp³-hybridized carbons (Fsp3) is 0.300. The molecule has 182 valence electrons. The van der Waals surface area contributed by atoms with Crippen molar-refractivity contribution in [1.29, 1.82) is 0 Å². The molecule has 0 aliphatic carbocycles. The van der Waals surface area contributed by atoms with Gasteiger partial charge in [0.1, 0.15) is 12.4 Å². The van der Waals surface area contributed by atoms with Gasteiger partial charge in [-0.15, -0.1) is 0 Å². The molecule has 5 nitrogen and oxygen atoms in total. The first-order valence-electron chi connectivity index (χ1n) is 12.6. The maximum atomic E-state index is 5.95. The van der Waals surface area contributed by atoms with Crippen LogP contribution >= 0.6 is 0 Å². The minimum absolute atomic E-state index is 0.720. The van der Waals surface area contributed by atoms with Crippen LogP contribution in [0.1, 0.15) is 49.2 Å². The van der Waals surface area contributed by atoms with Gasteiger partial charge < -0.3 is 9.30 Å². The van der Waals surface area contributed by atoms with E-state index in [0.717, 1.165) is 54.5 Å². The molecule has 0 radical (unpaired) electrons. The highest BCUT2D eigenvalue weighted by Crippen LogP contribution is 2.19. The number of fused-ring (bicyclic) bond motifs is 1. The molecule has 0 fully saturated rings. The molecule has 4 rings (SSSR count). The lowest BCUT2D eigenvalue weighted by molar-refractivity contribution is 0.209. The zero-order valence-electron chi connectivity index (χ0n) is 21.1. The summed E-state index contributed by atoms with van der Waals surface area (Å²) in [7, 11) is 2.07. The van der Waals surface area contributed by atoms with Crippen LogP contribution < -0.4 is 4.74 Å². The van der Waals surface area contributed by atoms with E-state index in [1.807, 2.05) is 24.3 Å². The SMILES string of the molecule is CCCN(CCC)CCOc1ccc(/C=C/c2cc(/C=C/c3ccc4ccn(C)c4c3)[nH]n2)cc1. The number of aryl methyl sites for hydroxylation is 1. The van der Waals surface area contributed by atoms with Gasteiger partial charge in [0.2, 0.25) is 0 Å². The number of aromatic nitrogens is 3. The van der Waals surface area contributed by atoms with Crippen molar-refractivity contribution in [3.63, 3.8) is 0 Å². The number of ether oxygens (including phenoxy) is 1. The summed E-state index contributed by atoms with van der Waals surface area (Å²) in [6.07, 6.45) is 12.7.